The van der Waals surface area contributed by atoms with Gasteiger partial charge in [0.15, 0.2) is 0 Å². The van der Waals surface area contributed by atoms with Gasteiger partial charge in [-0.05, 0) is 26.2 Å². The largest absolute Gasteiger partial charge is 0.151 e. The Kier molecular flexibility index (Phi) is 5.13. The van der Waals surface area contributed by atoms with E-state index >= 15 is 0 Å². The number of hydrogen-bond donors (Lipinski definition) is 1. The van der Waals surface area contributed by atoms with Gasteiger partial charge in [0.05, 0.1) is 0 Å². The van der Waals surface area contributed by atoms with Crippen molar-refractivity contribution in [2.24, 2.45) is 0 Å². The van der Waals surface area contributed by atoms with E-state index in [1.165, 1.54) is 11.1 Å². The first kappa shape index (κ1) is 9.57. The maximum absolute atomic E-state index is 3.96. The predicted molar refractivity (Wildman–Crippen MR) is 51.3 cm³/mol. The molecule has 0 aromatic rings. The Bertz CT molecular complexity index is 169. The lowest BCUT2D eigenvalue weighted by Gasteiger charge is -1.87. The molecular weight excluding hydrogens is 140 g/mol. The average molecular weight is 154 g/mol. The highest BCUT2D eigenvalue weighted by Gasteiger charge is 1.76. The minimum absolute atomic E-state index is 1.22. The molecular formula is C9H14S. The fourth-order valence-corrected chi connectivity index (χ4v) is 0.706. The van der Waals surface area contributed by atoms with Crippen LogP contribution in [0.5, 0.6) is 0 Å². The minimum Gasteiger partial charge on any atom is -0.151 e. The summed E-state index contributed by atoms with van der Waals surface area (Å²) in [6, 6.07) is 0. The van der Waals surface area contributed by atoms with Crippen LogP contribution in [-0.2, 0) is 0 Å². The van der Waals surface area contributed by atoms with Gasteiger partial charge in [0, 0.05) is 0 Å². The molecule has 0 nitrogen and oxygen atoms in total. The fraction of sp³-hybridized carbons (Fsp3) is 0.333. The van der Waals surface area contributed by atoms with E-state index in [4.69, 9.17) is 0 Å². The summed E-state index contributed by atoms with van der Waals surface area (Å²) < 4.78 is 0. The highest BCUT2D eigenvalue weighted by molar-refractivity contribution is 7.83. The molecule has 10 heavy (non-hydrogen) atoms. The van der Waals surface area contributed by atoms with Gasteiger partial charge >= 0.3 is 0 Å². The van der Waals surface area contributed by atoms with Gasteiger partial charge in [0.25, 0.3) is 0 Å². The van der Waals surface area contributed by atoms with Gasteiger partial charge in [-0.15, -0.1) is 0 Å². The first-order valence-electron chi connectivity index (χ1n) is 3.29. The van der Waals surface area contributed by atoms with E-state index in [2.05, 4.69) is 38.6 Å². The van der Waals surface area contributed by atoms with Gasteiger partial charge in [-0.3, -0.25) is 0 Å². The summed E-state index contributed by atoms with van der Waals surface area (Å²) in [5, 5.41) is 1.74. The number of hydrogen-bond acceptors (Lipinski definition) is 1. The van der Waals surface area contributed by atoms with E-state index in [0.29, 0.717) is 0 Å². The van der Waals surface area contributed by atoms with Gasteiger partial charge in [0.1, 0.15) is 0 Å². The highest BCUT2D eigenvalue weighted by Crippen LogP contribution is 1.98. The molecule has 0 atom stereocenters. The molecule has 0 amide bonds. The topological polar surface area (TPSA) is 0 Å². The third-order valence-corrected chi connectivity index (χ3v) is 1.17. The standard InChI is InChI=1S/C9H14S/c1-8(2)4-5-9(3)6-7-10/h4-7,10H,1-3H3/b7-6+,9-5-. The van der Waals surface area contributed by atoms with Crippen LogP contribution < -0.4 is 0 Å². The smallest absolute Gasteiger partial charge is 0.0322 e. The second kappa shape index (κ2) is 5.36. The van der Waals surface area contributed by atoms with Crippen LogP contribution in [0.25, 0.3) is 0 Å². The van der Waals surface area contributed by atoms with Crippen LogP contribution in [0.3, 0.4) is 0 Å². The molecule has 0 rings (SSSR count). The summed E-state index contributed by atoms with van der Waals surface area (Å²) in [5.74, 6) is 0. The van der Waals surface area contributed by atoms with E-state index in [-0.39, 0.29) is 0 Å². The molecule has 0 saturated carbocycles. The first-order chi connectivity index (χ1) is 4.66. The van der Waals surface area contributed by atoms with E-state index in [1.807, 2.05) is 13.0 Å². The van der Waals surface area contributed by atoms with E-state index < -0.39 is 0 Å². The molecule has 0 spiro atoms. The monoisotopic (exact) mass is 154 g/mol. The van der Waals surface area contributed by atoms with Gasteiger partial charge in [-0.25, -0.2) is 0 Å². The Morgan fingerprint density at radius 3 is 2.10 bits per heavy atom. The summed E-state index contributed by atoms with van der Waals surface area (Å²) in [7, 11) is 0. The summed E-state index contributed by atoms with van der Waals surface area (Å²) in [4.78, 5) is 0. The number of allylic oxidation sites excluding steroid dienone is 5. The highest BCUT2D eigenvalue weighted by atomic mass is 32.1. The van der Waals surface area contributed by atoms with Gasteiger partial charge in [-0.1, -0.05) is 29.4 Å². The summed E-state index contributed by atoms with van der Waals surface area (Å²) in [6.45, 7) is 6.20. The third kappa shape index (κ3) is 5.70. The Hall–Kier alpha value is -0.430. The molecule has 0 saturated heterocycles. The molecule has 0 heterocycles. The number of rotatable bonds is 2. The molecule has 0 aromatic heterocycles. The summed E-state index contributed by atoms with van der Waals surface area (Å²) in [5.41, 5.74) is 2.53. The predicted octanol–water partition coefficient (Wildman–Crippen LogP) is 3.34. The van der Waals surface area contributed by atoms with E-state index in [0.717, 1.165) is 0 Å². The van der Waals surface area contributed by atoms with Crippen LogP contribution in [0.4, 0.5) is 0 Å². The van der Waals surface area contributed by atoms with Crippen molar-refractivity contribution in [3.63, 3.8) is 0 Å². The summed E-state index contributed by atoms with van der Waals surface area (Å²) >= 11 is 3.96. The van der Waals surface area contributed by atoms with Gasteiger partial charge in [-0.2, -0.15) is 12.6 Å². The van der Waals surface area contributed by atoms with Crippen LogP contribution in [0.1, 0.15) is 20.8 Å². The van der Waals surface area contributed by atoms with E-state index in [9.17, 15) is 0 Å². The normalized spacial score (nSPS) is 12.2. The molecule has 0 unspecified atom stereocenters. The zero-order chi connectivity index (χ0) is 7.98. The lowest BCUT2D eigenvalue weighted by atomic mass is 10.2. The lowest BCUT2D eigenvalue weighted by molar-refractivity contribution is 1.38. The van der Waals surface area contributed by atoms with Crippen molar-refractivity contribution in [2.45, 2.75) is 20.8 Å². The van der Waals surface area contributed by atoms with Crippen molar-refractivity contribution in [1.29, 1.82) is 0 Å². The van der Waals surface area contributed by atoms with E-state index in [1.54, 1.807) is 5.41 Å². The van der Waals surface area contributed by atoms with Crippen LogP contribution in [0.2, 0.25) is 0 Å². The molecule has 0 N–H and O–H groups in total. The number of thiol groups is 1. The Labute approximate surface area is 68.7 Å². The maximum Gasteiger partial charge on any atom is -0.0322 e. The van der Waals surface area contributed by atoms with Crippen LogP contribution in [-0.4, -0.2) is 0 Å². The molecule has 0 aliphatic heterocycles. The van der Waals surface area contributed by atoms with Crippen molar-refractivity contribution in [1.82, 2.24) is 0 Å². The average Bonchev–Trinajstić information content (AvgIpc) is 1.85. The molecule has 0 fully saturated rings. The Morgan fingerprint density at radius 2 is 1.70 bits per heavy atom. The summed E-state index contributed by atoms with van der Waals surface area (Å²) in [6.07, 6.45) is 6.12. The minimum atomic E-state index is 1.22. The first-order valence-corrected chi connectivity index (χ1v) is 3.81. The zero-order valence-corrected chi connectivity index (χ0v) is 7.65. The Morgan fingerprint density at radius 1 is 1.10 bits per heavy atom. The molecule has 0 aliphatic rings. The fourth-order valence-electron chi connectivity index (χ4n) is 0.471. The second-order valence-corrected chi connectivity index (χ2v) is 2.77. The van der Waals surface area contributed by atoms with Crippen molar-refractivity contribution >= 4 is 12.6 Å². The van der Waals surface area contributed by atoms with Crippen molar-refractivity contribution in [2.75, 3.05) is 0 Å². The van der Waals surface area contributed by atoms with Crippen molar-refractivity contribution < 1.29 is 0 Å². The van der Waals surface area contributed by atoms with Crippen LogP contribution in [0.15, 0.2) is 34.8 Å². The molecule has 56 valence electrons. The van der Waals surface area contributed by atoms with Crippen LogP contribution >= 0.6 is 12.6 Å². The van der Waals surface area contributed by atoms with Crippen LogP contribution in [0, 0.1) is 0 Å². The zero-order valence-electron chi connectivity index (χ0n) is 6.76. The third-order valence-electron chi connectivity index (χ3n) is 1.02. The van der Waals surface area contributed by atoms with Gasteiger partial charge in [0.2, 0.25) is 0 Å². The quantitative estimate of drug-likeness (QED) is 0.457. The molecule has 0 radical (unpaired) electrons. The van der Waals surface area contributed by atoms with Gasteiger partial charge < -0.3 is 0 Å². The molecule has 0 aromatic carbocycles. The molecule has 0 aliphatic carbocycles. The van der Waals surface area contributed by atoms with Crippen molar-refractivity contribution in [3.8, 4) is 0 Å². The lowest BCUT2D eigenvalue weighted by Crippen LogP contribution is -1.65. The Balaban J connectivity index is 4.05. The SMILES string of the molecule is CC(C)=C/C=C(C)\C=C\S. The maximum atomic E-state index is 3.96. The molecule has 1 heteroatoms. The second-order valence-electron chi connectivity index (χ2n) is 2.47. The van der Waals surface area contributed by atoms with Crippen molar-refractivity contribution in [3.05, 3.63) is 34.8 Å². The molecule has 0 bridgehead atoms.